The topological polar surface area (TPSA) is 73.1 Å². The summed E-state index contributed by atoms with van der Waals surface area (Å²) in [5, 5.41) is 0. The Balaban J connectivity index is 1.75. The number of hydrogen-bond acceptors (Lipinski definition) is 7. The van der Waals surface area contributed by atoms with Crippen molar-refractivity contribution >= 4 is 45.9 Å². The van der Waals surface area contributed by atoms with E-state index in [9.17, 15) is 9.59 Å². The molecule has 1 aliphatic rings. The summed E-state index contributed by atoms with van der Waals surface area (Å²) < 4.78 is 13.4. The Bertz CT molecular complexity index is 1350. The number of amides is 1. The Morgan fingerprint density at radius 3 is 2.76 bits per heavy atom. The first kappa shape index (κ1) is 24.1. The molecule has 3 heterocycles. The molecule has 34 heavy (non-hydrogen) atoms. The predicted octanol–water partition coefficient (Wildman–Crippen LogP) is 4.73. The molecule has 0 atom stereocenters. The van der Waals surface area contributed by atoms with Gasteiger partial charge in [-0.25, -0.2) is 0 Å². The van der Waals surface area contributed by atoms with Crippen LogP contribution in [0.5, 0.6) is 11.6 Å². The maximum absolute atomic E-state index is 13.4. The zero-order valence-corrected chi connectivity index (χ0v) is 20.9. The van der Waals surface area contributed by atoms with Crippen LogP contribution in [0.1, 0.15) is 30.0 Å². The lowest BCUT2D eigenvalue weighted by Gasteiger charge is -2.14. The lowest BCUT2D eigenvalue weighted by Crippen LogP contribution is -2.29. The SMILES string of the molecule is CCOCCCN1C(=O)/C(=C\c2c(Oc3cccc(C)c3C)nc3ccccn3c2=O)SC1=S. The number of carbonyl (C=O) groups excluding carboxylic acids is 1. The van der Waals surface area contributed by atoms with Gasteiger partial charge in [-0.15, -0.1) is 0 Å². The molecular weight excluding hydrogens is 470 g/mol. The van der Waals surface area contributed by atoms with Gasteiger partial charge in [0.1, 0.15) is 21.3 Å². The second kappa shape index (κ2) is 10.5. The lowest BCUT2D eigenvalue weighted by molar-refractivity contribution is -0.122. The molecule has 9 heteroatoms. The van der Waals surface area contributed by atoms with Crippen molar-refractivity contribution in [1.82, 2.24) is 14.3 Å². The van der Waals surface area contributed by atoms with Crippen LogP contribution in [-0.2, 0) is 9.53 Å². The first-order valence-corrected chi connectivity index (χ1v) is 12.2. The van der Waals surface area contributed by atoms with Crippen LogP contribution < -0.4 is 10.3 Å². The van der Waals surface area contributed by atoms with Gasteiger partial charge in [-0.2, -0.15) is 4.98 Å². The molecule has 176 valence electrons. The average molecular weight is 496 g/mol. The Hall–Kier alpha value is -3.01. The second-order valence-corrected chi connectivity index (χ2v) is 9.42. The second-order valence-electron chi connectivity index (χ2n) is 7.75. The summed E-state index contributed by atoms with van der Waals surface area (Å²) in [4.78, 5) is 33.0. The standard InChI is InChI=1S/C25H25N3O4S2/c1-4-31-14-8-13-28-24(30)20(34-25(28)33)15-18-22(32-19-10-7-9-16(2)17(19)3)26-21-11-5-6-12-27(21)23(18)29/h5-7,9-12,15H,4,8,13-14H2,1-3H3/b20-15+. The van der Waals surface area contributed by atoms with Gasteiger partial charge in [-0.1, -0.05) is 42.2 Å². The summed E-state index contributed by atoms with van der Waals surface area (Å²) >= 11 is 6.60. The number of nitrogens with zero attached hydrogens (tertiary/aromatic N) is 3. The minimum Gasteiger partial charge on any atom is -0.438 e. The van der Waals surface area contributed by atoms with Crippen LogP contribution in [-0.4, -0.2) is 44.3 Å². The van der Waals surface area contributed by atoms with E-state index in [0.717, 1.165) is 11.1 Å². The van der Waals surface area contributed by atoms with Gasteiger partial charge >= 0.3 is 0 Å². The zero-order chi connectivity index (χ0) is 24.2. The maximum Gasteiger partial charge on any atom is 0.269 e. The summed E-state index contributed by atoms with van der Waals surface area (Å²) in [5.74, 6) is 0.513. The van der Waals surface area contributed by atoms with Gasteiger partial charge in [-0.05, 0) is 62.6 Å². The number of pyridine rings is 1. The molecule has 0 unspecified atom stereocenters. The molecule has 7 nitrogen and oxygen atoms in total. The number of rotatable bonds is 8. The third kappa shape index (κ3) is 4.91. The van der Waals surface area contributed by atoms with Crippen LogP contribution in [0.4, 0.5) is 0 Å². The molecule has 2 aromatic heterocycles. The van der Waals surface area contributed by atoms with Crippen molar-refractivity contribution in [3.05, 3.63) is 74.5 Å². The fraction of sp³-hybridized carbons (Fsp3) is 0.280. The fourth-order valence-electron chi connectivity index (χ4n) is 3.52. The molecule has 1 aromatic carbocycles. The molecule has 3 aromatic rings. The maximum atomic E-state index is 13.4. The number of ether oxygens (including phenoxy) is 2. The Morgan fingerprint density at radius 1 is 1.15 bits per heavy atom. The number of benzene rings is 1. The highest BCUT2D eigenvalue weighted by atomic mass is 32.2. The Labute approximate surface area is 207 Å². The molecule has 1 aliphatic heterocycles. The molecule has 0 spiro atoms. The molecule has 1 saturated heterocycles. The Kier molecular flexibility index (Phi) is 7.45. The van der Waals surface area contributed by atoms with Crippen molar-refractivity contribution < 1.29 is 14.3 Å². The van der Waals surface area contributed by atoms with Crippen molar-refractivity contribution in [1.29, 1.82) is 0 Å². The van der Waals surface area contributed by atoms with E-state index in [1.165, 1.54) is 22.2 Å². The normalized spacial score (nSPS) is 15.0. The average Bonchev–Trinajstić information content (AvgIpc) is 3.09. The van der Waals surface area contributed by atoms with Crippen LogP contribution in [0.25, 0.3) is 11.7 Å². The molecule has 0 bridgehead atoms. The largest absolute Gasteiger partial charge is 0.438 e. The van der Waals surface area contributed by atoms with Crippen LogP contribution in [0.3, 0.4) is 0 Å². The van der Waals surface area contributed by atoms with Crippen molar-refractivity contribution in [2.75, 3.05) is 19.8 Å². The van der Waals surface area contributed by atoms with Crippen LogP contribution in [0, 0.1) is 13.8 Å². The van der Waals surface area contributed by atoms with E-state index in [1.807, 2.05) is 39.0 Å². The first-order chi connectivity index (χ1) is 16.4. The van der Waals surface area contributed by atoms with Gasteiger partial charge in [0, 0.05) is 26.0 Å². The highest BCUT2D eigenvalue weighted by molar-refractivity contribution is 8.26. The lowest BCUT2D eigenvalue weighted by atomic mass is 10.1. The van der Waals surface area contributed by atoms with Gasteiger partial charge in [-0.3, -0.25) is 18.9 Å². The summed E-state index contributed by atoms with van der Waals surface area (Å²) in [7, 11) is 0. The van der Waals surface area contributed by atoms with Gasteiger partial charge in [0.15, 0.2) is 0 Å². The number of thioether (sulfide) groups is 1. The van der Waals surface area contributed by atoms with E-state index in [0.29, 0.717) is 46.8 Å². The molecule has 0 aliphatic carbocycles. The zero-order valence-electron chi connectivity index (χ0n) is 19.2. The van der Waals surface area contributed by atoms with E-state index >= 15 is 0 Å². The number of thiocarbonyl (C=S) groups is 1. The van der Waals surface area contributed by atoms with Crippen molar-refractivity contribution in [3.63, 3.8) is 0 Å². The van der Waals surface area contributed by atoms with Gasteiger partial charge in [0.2, 0.25) is 5.88 Å². The number of hydrogen-bond donors (Lipinski definition) is 0. The monoisotopic (exact) mass is 495 g/mol. The van der Waals surface area contributed by atoms with E-state index in [1.54, 1.807) is 29.3 Å². The van der Waals surface area contributed by atoms with Crippen molar-refractivity contribution in [2.45, 2.75) is 27.2 Å². The highest BCUT2D eigenvalue weighted by Gasteiger charge is 2.32. The summed E-state index contributed by atoms with van der Waals surface area (Å²) in [6.07, 6.45) is 3.86. The third-order valence-corrected chi connectivity index (χ3v) is 6.90. The number of aryl methyl sites for hydroxylation is 1. The highest BCUT2D eigenvalue weighted by Crippen LogP contribution is 2.34. The van der Waals surface area contributed by atoms with E-state index in [4.69, 9.17) is 21.7 Å². The Morgan fingerprint density at radius 2 is 1.97 bits per heavy atom. The quantitative estimate of drug-likeness (QED) is 0.254. The minimum absolute atomic E-state index is 0.145. The number of aromatic nitrogens is 2. The van der Waals surface area contributed by atoms with E-state index in [2.05, 4.69) is 4.98 Å². The van der Waals surface area contributed by atoms with Gasteiger partial charge in [0.25, 0.3) is 11.5 Å². The summed E-state index contributed by atoms with van der Waals surface area (Å²) in [6, 6.07) is 11.0. The number of carbonyl (C=O) groups is 1. The predicted molar refractivity (Wildman–Crippen MR) is 138 cm³/mol. The summed E-state index contributed by atoms with van der Waals surface area (Å²) in [6.45, 7) is 7.50. The van der Waals surface area contributed by atoms with E-state index in [-0.39, 0.29) is 22.9 Å². The first-order valence-electron chi connectivity index (χ1n) is 11.0. The van der Waals surface area contributed by atoms with Crippen LogP contribution in [0.2, 0.25) is 0 Å². The molecule has 0 radical (unpaired) electrons. The minimum atomic E-state index is -0.326. The smallest absolute Gasteiger partial charge is 0.269 e. The summed E-state index contributed by atoms with van der Waals surface area (Å²) in [5.41, 5.74) is 2.33. The van der Waals surface area contributed by atoms with Gasteiger partial charge in [0.05, 0.1) is 4.91 Å². The van der Waals surface area contributed by atoms with E-state index < -0.39 is 0 Å². The molecule has 1 amide bonds. The molecule has 4 rings (SSSR count). The van der Waals surface area contributed by atoms with Crippen LogP contribution >= 0.6 is 24.0 Å². The van der Waals surface area contributed by atoms with Crippen LogP contribution in [0.15, 0.2) is 52.3 Å². The molecule has 0 N–H and O–H groups in total. The molecule has 0 saturated carbocycles. The third-order valence-electron chi connectivity index (χ3n) is 5.52. The fourth-order valence-corrected chi connectivity index (χ4v) is 4.81. The van der Waals surface area contributed by atoms with Gasteiger partial charge < -0.3 is 9.47 Å². The number of fused-ring (bicyclic) bond motifs is 1. The van der Waals surface area contributed by atoms with Crippen molar-refractivity contribution in [3.8, 4) is 11.6 Å². The molecule has 1 fully saturated rings. The molecular formula is C25H25N3O4S2. The van der Waals surface area contributed by atoms with Crippen molar-refractivity contribution in [2.24, 2.45) is 0 Å².